The van der Waals surface area contributed by atoms with Gasteiger partial charge in [0.25, 0.3) is 0 Å². The summed E-state index contributed by atoms with van der Waals surface area (Å²) < 4.78 is 0. The van der Waals surface area contributed by atoms with Gasteiger partial charge in [-0.15, -0.1) is 0 Å². The Bertz CT molecular complexity index is 248. The van der Waals surface area contributed by atoms with E-state index in [4.69, 9.17) is 5.73 Å². The summed E-state index contributed by atoms with van der Waals surface area (Å²) in [6, 6.07) is 0.217. The zero-order chi connectivity index (χ0) is 13.9. The Hall–Kier alpha value is -0.570. The van der Waals surface area contributed by atoms with Crippen molar-refractivity contribution in [2.45, 2.75) is 77.7 Å². The molecule has 0 amide bonds. The number of hydrogen-bond donors (Lipinski definition) is 2. The average molecular weight is 267 g/mol. The van der Waals surface area contributed by atoms with E-state index in [0.29, 0.717) is 5.92 Å². The molecule has 19 heavy (non-hydrogen) atoms. The molecule has 3 nitrogen and oxygen atoms in total. The number of rotatable bonds is 11. The SMILES string of the molecule is CCCCCCCCCCC(C1=NCCN1)C(C)N. The van der Waals surface area contributed by atoms with Crippen LogP contribution in [0.5, 0.6) is 0 Å². The molecule has 2 unspecified atom stereocenters. The molecule has 1 aliphatic rings. The number of nitrogens with zero attached hydrogens (tertiary/aromatic N) is 1. The van der Waals surface area contributed by atoms with Gasteiger partial charge in [-0.05, 0) is 13.3 Å². The van der Waals surface area contributed by atoms with Crippen LogP contribution in [0.3, 0.4) is 0 Å². The van der Waals surface area contributed by atoms with Crippen LogP contribution in [0.2, 0.25) is 0 Å². The third kappa shape index (κ3) is 6.95. The number of nitrogens with one attached hydrogen (secondary N) is 1. The fourth-order valence-corrected chi connectivity index (χ4v) is 2.81. The Labute approximate surface area is 119 Å². The first-order valence-electron chi connectivity index (χ1n) is 8.29. The lowest BCUT2D eigenvalue weighted by atomic mass is 9.93. The largest absolute Gasteiger partial charge is 0.372 e. The minimum atomic E-state index is 0.217. The Morgan fingerprint density at radius 3 is 2.26 bits per heavy atom. The molecule has 3 heteroatoms. The molecule has 0 radical (unpaired) electrons. The third-order valence-electron chi connectivity index (χ3n) is 4.05. The zero-order valence-electron chi connectivity index (χ0n) is 13.0. The fraction of sp³-hybridized carbons (Fsp3) is 0.938. The van der Waals surface area contributed by atoms with Crippen LogP contribution in [-0.2, 0) is 0 Å². The maximum Gasteiger partial charge on any atom is 0.101 e. The number of amidine groups is 1. The monoisotopic (exact) mass is 267 g/mol. The van der Waals surface area contributed by atoms with Crippen LogP contribution in [0.25, 0.3) is 0 Å². The predicted octanol–water partition coefficient (Wildman–Crippen LogP) is 3.48. The number of aliphatic imine (C=N–C) groups is 1. The summed E-state index contributed by atoms with van der Waals surface area (Å²) in [6.45, 7) is 6.30. The molecular formula is C16H33N3. The van der Waals surface area contributed by atoms with Gasteiger partial charge in [-0.1, -0.05) is 58.3 Å². The van der Waals surface area contributed by atoms with E-state index in [0.717, 1.165) is 18.9 Å². The summed E-state index contributed by atoms with van der Waals surface area (Å²) >= 11 is 0. The lowest BCUT2D eigenvalue weighted by Crippen LogP contribution is -2.38. The van der Waals surface area contributed by atoms with Crippen LogP contribution in [0.15, 0.2) is 4.99 Å². The summed E-state index contributed by atoms with van der Waals surface area (Å²) in [5.74, 6) is 1.61. The molecule has 1 heterocycles. The van der Waals surface area contributed by atoms with Crippen LogP contribution in [0.4, 0.5) is 0 Å². The Morgan fingerprint density at radius 2 is 1.74 bits per heavy atom. The predicted molar refractivity (Wildman–Crippen MR) is 84.7 cm³/mol. The van der Waals surface area contributed by atoms with Gasteiger partial charge in [-0.3, -0.25) is 4.99 Å². The van der Waals surface area contributed by atoms with E-state index in [9.17, 15) is 0 Å². The molecule has 0 aromatic carbocycles. The normalized spacial score (nSPS) is 17.9. The van der Waals surface area contributed by atoms with E-state index in [-0.39, 0.29) is 6.04 Å². The van der Waals surface area contributed by atoms with Crippen LogP contribution >= 0.6 is 0 Å². The molecule has 0 aromatic heterocycles. The van der Waals surface area contributed by atoms with Crippen molar-refractivity contribution in [2.24, 2.45) is 16.6 Å². The summed E-state index contributed by atoms with van der Waals surface area (Å²) in [6.07, 6.45) is 12.2. The van der Waals surface area contributed by atoms with E-state index < -0.39 is 0 Å². The Kier molecular flexibility index (Phi) is 8.89. The first kappa shape index (κ1) is 16.5. The highest BCUT2D eigenvalue weighted by molar-refractivity contribution is 5.86. The van der Waals surface area contributed by atoms with E-state index >= 15 is 0 Å². The van der Waals surface area contributed by atoms with E-state index in [2.05, 4.69) is 24.2 Å². The lowest BCUT2D eigenvalue weighted by molar-refractivity contribution is 0.477. The second-order valence-corrected chi connectivity index (χ2v) is 5.92. The summed E-state index contributed by atoms with van der Waals surface area (Å²) in [5, 5.41) is 3.38. The van der Waals surface area contributed by atoms with Crippen molar-refractivity contribution in [2.75, 3.05) is 13.1 Å². The highest BCUT2D eigenvalue weighted by Crippen LogP contribution is 2.17. The molecular weight excluding hydrogens is 234 g/mol. The van der Waals surface area contributed by atoms with Crippen LogP contribution in [0, 0.1) is 5.92 Å². The standard InChI is InChI=1S/C16H33N3/c1-3-4-5-6-7-8-9-10-11-15(14(2)17)16-18-12-13-19-16/h14-15H,3-13,17H2,1-2H3,(H,18,19). The molecule has 0 spiro atoms. The van der Waals surface area contributed by atoms with E-state index in [1.54, 1.807) is 0 Å². The van der Waals surface area contributed by atoms with Crippen molar-refractivity contribution < 1.29 is 0 Å². The van der Waals surface area contributed by atoms with Gasteiger partial charge in [-0.2, -0.15) is 0 Å². The van der Waals surface area contributed by atoms with Gasteiger partial charge in [-0.25, -0.2) is 0 Å². The van der Waals surface area contributed by atoms with Gasteiger partial charge < -0.3 is 11.1 Å². The molecule has 112 valence electrons. The van der Waals surface area contributed by atoms with Gasteiger partial charge >= 0.3 is 0 Å². The third-order valence-corrected chi connectivity index (χ3v) is 4.05. The van der Waals surface area contributed by atoms with Gasteiger partial charge in [0.05, 0.1) is 6.54 Å². The average Bonchev–Trinajstić information content (AvgIpc) is 2.90. The van der Waals surface area contributed by atoms with Crippen molar-refractivity contribution in [3.8, 4) is 0 Å². The van der Waals surface area contributed by atoms with Crippen molar-refractivity contribution in [1.29, 1.82) is 0 Å². The molecule has 1 aliphatic heterocycles. The van der Waals surface area contributed by atoms with Crippen LogP contribution < -0.4 is 11.1 Å². The lowest BCUT2D eigenvalue weighted by Gasteiger charge is -2.21. The van der Waals surface area contributed by atoms with Gasteiger partial charge in [0.1, 0.15) is 5.84 Å². The molecule has 0 fully saturated rings. The van der Waals surface area contributed by atoms with E-state index in [1.165, 1.54) is 57.8 Å². The molecule has 0 aliphatic carbocycles. The molecule has 3 N–H and O–H groups in total. The van der Waals surface area contributed by atoms with Crippen molar-refractivity contribution in [1.82, 2.24) is 5.32 Å². The Morgan fingerprint density at radius 1 is 1.11 bits per heavy atom. The summed E-state index contributed by atoms with van der Waals surface area (Å²) in [7, 11) is 0. The summed E-state index contributed by atoms with van der Waals surface area (Å²) in [5.41, 5.74) is 6.09. The topological polar surface area (TPSA) is 50.4 Å². The fourth-order valence-electron chi connectivity index (χ4n) is 2.81. The van der Waals surface area contributed by atoms with Crippen molar-refractivity contribution in [3.63, 3.8) is 0 Å². The van der Waals surface area contributed by atoms with E-state index in [1.807, 2.05) is 0 Å². The molecule has 0 saturated heterocycles. The second kappa shape index (κ2) is 10.2. The highest BCUT2D eigenvalue weighted by atomic mass is 15.1. The van der Waals surface area contributed by atoms with Crippen molar-refractivity contribution in [3.05, 3.63) is 0 Å². The Balaban J connectivity index is 2.05. The molecule has 0 bridgehead atoms. The highest BCUT2D eigenvalue weighted by Gasteiger charge is 2.21. The van der Waals surface area contributed by atoms with Crippen LogP contribution in [-0.4, -0.2) is 25.0 Å². The zero-order valence-corrected chi connectivity index (χ0v) is 13.0. The first-order chi connectivity index (χ1) is 9.25. The molecule has 2 atom stereocenters. The van der Waals surface area contributed by atoms with Gasteiger partial charge in [0.2, 0.25) is 0 Å². The maximum atomic E-state index is 6.09. The molecule has 0 aromatic rings. The quantitative estimate of drug-likeness (QED) is 0.563. The van der Waals surface area contributed by atoms with Gasteiger partial charge in [0, 0.05) is 18.5 Å². The molecule has 0 saturated carbocycles. The maximum absolute atomic E-state index is 6.09. The summed E-state index contributed by atoms with van der Waals surface area (Å²) in [4.78, 5) is 4.53. The first-order valence-corrected chi connectivity index (χ1v) is 8.29. The smallest absolute Gasteiger partial charge is 0.101 e. The number of unbranched alkanes of at least 4 members (excludes halogenated alkanes) is 7. The van der Waals surface area contributed by atoms with Crippen molar-refractivity contribution >= 4 is 5.84 Å². The number of nitrogens with two attached hydrogens (primary N) is 1. The minimum Gasteiger partial charge on any atom is -0.372 e. The number of hydrogen-bond acceptors (Lipinski definition) is 3. The second-order valence-electron chi connectivity index (χ2n) is 5.92. The van der Waals surface area contributed by atoms with Crippen LogP contribution in [0.1, 0.15) is 71.6 Å². The van der Waals surface area contributed by atoms with Gasteiger partial charge in [0.15, 0.2) is 0 Å². The minimum absolute atomic E-state index is 0.217. The molecule has 1 rings (SSSR count).